The summed E-state index contributed by atoms with van der Waals surface area (Å²) in [5, 5.41) is 7.15. The van der Waals surface area contributed by atoms with Crippen molar-refractivity contribution in [2.75, 3.05) is 6.61 Å². The minimum Gasteiger partial charge on any atom is -0.373 e. The van der Waals surface area contributed by atoms with E-state index < -0.39 is 0 Å². The van der Waals surface area contributed by atoms with Gasteiger partial charge in [0.1, 0.15) is 12.7 Å². The van der Waals surface area contributed by atoms with Crippen LogP contribution in [0, 0.1) is 0 Å². The van der Waals surface area contributed by atoms with Crippen LogP contribution in [-0.2, 0) is 11.3 Å². The third-order valence-electron chi connectivity index (χ3n) is 4.19. The molecule has 1 aliphatic heterocycles. The van der Waals surface area contributed by atoms with E-state index in [-0.39, 0.29) is 12.0 Å². The predicted octanol–water partition coefficient (Wildman–Crippen LogP) is 3.11. The zero-order chi connectivity index (χ0) is 17.1. The number of aromatic nitrogens is 3. The molecule has 3 aromatic rings. The summed E-state index contributed by atoms with van der Waals surface area (Å²) in [7, 11) is 0. The number of hydrogen-bond acceptors (Lipinski definition) is 5. The molecule has 128 valence electrons. The number of carbonyl (C=O) groups is 1. The van der Waals surface area contributed by atoms with Gasteiger partial charge in [-0.25, -0.2) is 9.67 Å². The number of nitrogens with zero attached hydrogens (tertiary/aromatic N) is 3. The van der Waals surface area contributed by atoms with Crippen LogP contribution in [0.3, 0.4) is 0 Å². The van der Waals surface area contributed by atoms with Gasteiger partial charge in [-0.1, -0.05) is 18.2 Å². The molecule has 0 bridgehead atoms. The summed E-state index contributed by atoms with van der Waals surface area (Å²) >= 11 is 1.51. The van der Waals surface area contributed by atoms with Crippen molar-refractivity contribution < 1.29 is 9.53 Å². The number of nitrogens with one attached hydrogen (secondary N) is 1. The lowest BCUT2D eigenvalue weighted by molar-refractivity contribution is 0.0955. The molecule has 4 rings (SSSR count). The summed E-state index contributed by atoms with van der Waals surface area (Å²) in [6, 6.07) is 11.7. The van der Waals surface area contributed by atoms with E-state index >= 15 is 0 Å². The van der Waals surface area contributed by atoms with Crippen LogP contribution in [0.4, 0.5) is 0 Å². The van der Waals surface area contributed by atoms with Crippen LogP contribution in [0.1, 0.15) is 39.1 Å². The second-order valence-corrected chi connectivity index (χ2v) is 6.97. The first-order valence-corrected chi connectivity index (χ1v) is 9.05. The lowest BCUT2D eigenvalue weighted by atomic mass is 10.2. The molecule has 1 saturated heterocycles. The molecule has 3 heterocycles. The molecule has 0 saturated carbocycles. The normalized spacial score (nSPS) is 16.9. The van der Waals surface area contributed by atoms with Gasteiger partial charge in [0.25, 0.3) is 5.91 Å². The van der Waals surface area contributed by atoms with E-state index in [1.165, 1.54) is 17.7 Å². The van der Waals surface area contributed by atoms with E-state index in [2.05, 4.69) is 15.4 Å². The molecule has 25 heavy (non-hydrogen) atoms. The molecule has 1 aromatic carbocycles. The minimum absolute atomic E-state index is 0.0670. The monoisotopic (exact) mass is 354 g/mol. The van der Waals surface area contributed by atoms with E-state index in [0.717, 1.165) is 35.6 Å². The van der Waals surface area contributed by atoms with Crippen LogP contribution >= 0.6 is 11.3 Å². The lowest BCUT2D eigenvalue weighted by Crippen LogP contribution is -2.22. The summed E-state index contributed by atoms with van der Waals surface area (Å²) in [4.78, 5) is 18.3. The van der Waals surface area contributed by atoms with Crippen LogP contribution in [0.2, 0.25) is 0 Å². The first-order valence-electron chi connectivity index (χ1n) is 8.24. The Hall–Kier alpha value is -2.51. The molecule has 1 N–H and O–H groups in total. The van der Waals surface area contributed by atoms with E-state index in [1.807, 2.05) is 36.4 Å². The summed E-state index contributed by atoms with van der Waals surface area (Å²) in [5.74, 6) is -0.0670. The average molecular weight is 354 g/mol. The van der Waals surface area contributed by atoms with Crippen molar-refractivity contribution in [2.45, 2.75) is 25.5 Å². The van der Waals surface area contributed by atoms with Crippen molar-refractivity contribution in [1.29, 1.82) is 0 Å². The Balaban J connectivity index is 1.44. The minimum atomic E-state index is -0.0670. The predicted molar refractivity (Wildman–Crippen MR) is 94.8 cm³/mol. The first-order chi connectivity index (χ1) is 12.3. The van der Waals surface area contributed by atoms with Gasteiger partial charge >= 0.3 is 0 Å². The maximum Gasteiger partial charge on any atom is 0.261 e. The molecule has 0 radical (unpaired) electrons. The van der Waals surface area contributed by atoms with Gasteiger partial charge in [0, 0.05) is 18.0 Å². The number of benzene rings is 1. The van der Waals surface area contributed by atoms with Gasteiger partial charge in [0.05, 0.1) is 16.7 Å². The third-order valence-corrected chi connectivity index (χ3v) is 5.37. The fourth-order valence-electron chi connectivity index (χ4n) is 2.93. The average Bonchev–Trinajstić information content (AvgIpc) is 3.41. The maximum absolute atomic E-state index is 12.5. The Morgan fingerprint density at radius 1 is 1.32 bits per heavy atom. The van der Waals surface area contributed by atoms with Crippen LogP contribution in [0.25, 0.3) is 5.69 Å². The highest BCUT2D eigenvalue weighted by molar-refractivity contribution is 7.14. The Bertz CT molecular complexity index is 854. The first kappa shape index (κ1) is 16.0. The van der Waals surface area contributed by atoms with Crippen molar-refractivity contribution in [1.82, 2.24) is 20.1 Å². The van der Waals surface area contributed by atoms with Crippen molar-refractivity contribution in [3.63, 3.8) is 0 Å². The SMILES string of the molecule is O=C(NCc1ccccc1-n1cncn1)c1ccc([C@@H]2CCCO2)s1. The zero-order valence-electron chi connectivity index (χ0n) is 13.6. The topological polar surface area (TPSA) is 69.0 Å². The second-order valence-electron chi connectivity index (χ2n) is 5.86. The third kappa shape index (κ3) is 3.47. The van der Waals surface area contributed by atoms with E-state index in [4.69, 9.17) is 4.74 Å². The molecule has 0 spiro atoms. The Morgan fingerprint density at radius 2 is 2.24 bits per heavy atom. The zero-order valence-corrected chi connectivity index (χ0v) is 14.4. The molecule has 1 fully saturated rings. The molecule has 1 amide bonds. The highest BCUT2D eigenvalue weighted by atomic mass is 32.1. The van der Waals surface area contributed by atoms with Crippen molar-refractivity contribution in [3.05, 3.63) is 64.4 Å². The van der Waals surface area contributed by atoms with Crippen LogP contribution in [0.15, 0.2) is 49.1 Å². The van der Waals surface area contributed by atoms with Crippen molar-refractivity contribution in [2.24, 2.45) is 0 Å². The number of ether oxygens (including phenoxy) is 1. The molecule has 7 heteroatoms. The van der Waals surface area contributed by atoms with Gasteiger partial charge in [0.15, 0.2) is 0 Å². The molecule has 1 atom stereocenters. The van der Waals surface area contributed by atoms with E-state index in [0.29, 0.717) is 11.4 Å². The Kier molecular flexibility index (Phi) is 4.58. The van der Waals surface area contributed by atoms with Crippen LogP contribution in [0.5, 0.6) is 0 Å². The lowest BCUT2D eigenvalue weighted by Gasteiger charge is -2.10. The van der Waals surface area contributed by atoms with Gasteiger partial charge in [-0.2, -0.15) is 5.10 Å². The molecule has 2 aromatic heterocycles. The van der Waals surface area contributed by atoms with Gasteiger partial charge < -0.3 is 10.1 Å². The maximum atomic E-state index is 12.5. The molecule has 6 nitrogen and oxygen atoms in total. The standard InChI is InChI=1S/C18H18N4O2S/c23-18(17-8-7-16(25-17)15-6-3-9-24-15)20-10-13-4-1-2-5-14(13)22-12-19-11-21-22/h1-2,4-5,7-8,11-12,15H,3,6,9-10H2,(H,20,23)/t15-/m0/s1. The molecule has 0 unspecified atom stereocenters. The van der Waals surface area contributed by atoms with Gasteiger partial charge in [0.2, 0.25) is 0 Å². The molecular formula is C18H18N4O2S. The molecular weight excluding hydrogens is 336 g/mol. The number of thiophene rings is 1. The van der Waals surface area contributed by atoms with Gasteiger partial charge in [-0.15, -0.1) is 11.3 Å². The van der Waals surface area contributed by atoms with Gasteiger partial charge in [-0.05, 0) is 36.6 Å². The van der Waals surface area contributed by atoms with E-state index in [1.54, 1.807) is 11.0 Å². The molecule has 0 aliphatic carbocycles. The smallest absolute Gasteiger partial charge is 0.261 e. The summed E-state index contributed by atoms with van der Waals surface area (Å²) < 4.78 is 7.38. The number of hydrogen-bond donors (Lipinski definition) is 1. The quantitative estimate of drug-likeness (QED) is 0.764. The van der Waals surface area contributed by atoms with Crippen LogP contribution < -0.4 is 5.32 Å². The number of amides is 1. The Morgan fingerprint density at radius 3 is 3.04 bits per heavy atom. The summed E-state index contributed by atoms with van der Waals surface area (Å²) in [6.07, 6.45) is 5.41. The second kappa shape index (κ2) is 7.16. The summed E-state index contributed by atoms with van der Waals surface area (Å²) in [5.41, 5.74) is 1.89. The number of carbonyl (C=O) groups excluding carboxylic acids is 1. The fraction of sp³-hybridized carbons (Fsp3) is 0.278. The highest BCUT2D eigenvalue weighted by Gasteiger charge is 2.21. The Labute approximate surface area is 149 Å². The molecule has 1 aliphatic rings. The number of rotatable bonds is 5. The van der Waals surface area contributed by atoms with E-state index in [9.17, 15) is 4.79 Å². The largest absolute Gasteiger partial charge is 0.373 e. The fourth-order valence-corrected chi connectivity index (χ4v) is 3.94. The van der Waals surface area contributed by atoms with Crippen molar-refractivity contribution >= 4 is 17.2 Å². The summed E-state index contributed by atoms with van der Waals surface area (Å²) in [6.45, 7) is 1.24. The highest BCUT2D eigenvalue weighted by Crippen LogP contribution is 2.33. The number of para-hydroxylation sites is 1. The van der Waals surface area contributed by atoms with Gasteiger partial charge in [-0.3, -0.25) is 4.79 Å². The van der Waals surface area contributed by atoms with Crippen LogP contribution in [-0.4, -0.2) is 27.3 Å². The van der Waals surface area contributed by atoms with Crippen molar-refractivity contribution in [3.8, 4) is 5.69 Å².